The number of ether oxygens (including phenoxy) is 1. The number of aromatic nitrogens is 2. The summed E-state index contributed by atoms with van der Waals surface area (Å²) in [6, 6.07) is 4.01. The Balaban J connectivity index is 1.60. The minimum atomic E-state index is -3.80. The van der Waals surface area contributed by atoms with Crippen LogP contribution >= 0.6 is 22.9 Å². The molecule has 170 valence electrons. The number of rotatable bonds is 5. The highest BCUT2D eigenvalue weighted by Crippen LogP contribution is 2.30. The van der Waals surface area contributed by atoms with E-state index in [0.29, 0.717) is 23.3 Å². The Hall–Kier alpha value is -2.27. The van der Waals surface area contributed by atoms with E-state index in [1.807, 2.05) is 13.8 Å². The maximum absolute atomic E-state index is 12.9. The summed E-state index contributed by atoms with van der Waals surface area (Å²) in [5.41, 5.74) is 0.633. The first-order valence-corrected chi connectivity index (χ1v) is 12.7. The van der Waals surface area contributed by atoms with Gasteiger partial charge in [0.15, 0.2) is 11.9 Å². The van der Waals surface area contributed by atoms with Gasteiger partial charge in [0.05, 0.1) is 16.0 Å². The molecule has 8 nitrogen and oxygen atoms in total. The van der Waals surface area contributed by atoms with Crippen LogP contribution < -0.4 is 5.56 Å². The van der Waals surface area contributed by atoms with Gasteiger partial charge in [0.2, 0.25) is 10.0 Å². The molecular formula is C21H22ClN3O5S2. The van der Waals surface area contributed by atoms with Crippen molar-refractivity contribution in [1.82, 2.24) is 14.3 Å². The van der Waals surface area contributed by atoms with Crippen LogP contribution in [0.25, 0.3) is 10.2 Å². The molecule has 1 aromatic carbocycles. The van der Waals surface area contributed by atoms with Crippen molar-refractivity contribution in [2.24, 2.45) is 0 Å². The van der Waals surface area contributed by atoms with Gasteiger partial charge < -0.3 is 9.72 Å². The molecule has 3 aromatic rings. The number of halogens is 1. The van der Waals surface area contributed by atoms with Crippen LogP contribution in [-0.2, 0) is 14.8 Å². The highest BCUT2D eigenvalue weighted by atomic mass is 35.5. The molecule has 0 spiro atoms. The summed E-state index contributed by atoms with van der Waals surface area (Å²) < 4.78 is 32.7. The summed E-state index contributed by atoms with van der Waals surface area (Å²) in [5, 5.41) is 0.575. The van der Waals surface area contributed by atoms with Gasteiger partial charge in [-0.05, 0) is 57.4 Å². The Kier molecular flexibility index (Phi) is 6.15. The van der Waals surface area contributed by atoms with Gasteiger partial charge in [0.1, 0.15) is 9.73 Å². The fourth-order valence-corrected chi connectivity index (χ4v) is 6.70. The summed E-state index contributed by atoms with van der Waals surface area (Å²) in [6.07, 6.45) is 0.723. The summed E-state index contributed by atoms with van der Waals surface area (Å²) in [5.74, 6) is -0.524. The number of carbonyl (C=O) groups excluding carboxylic acids is 1. The average molecular weight is 496 g/mol. The number of fused-ring (bicyclic) bond motifs is 1. The summed E-state index contributed by atoms with van der Waals surface area (Å²) in [7, 11) is -3.80. The molecule has 3 heterocycles. The second-order valence-electron chi connectivity index (χ2n) is 7.72. The molecule has 2 aromatic heterocycles. The third-order valence-electron chi connectivity index (χ3n) is 5.58. The number of aryl methyl sites for hydroxylation is 2. The molecule has 11 heteroatoms. The summed E-state index contributed by atoms with van der Waals surface area (Å²) >= 11 is 7.55. The molecule has 1 N–H and O–H groups in total. The summed E-state index contributed by atoms with van der Waals surface area (Å²) in [6.45, 7) is 6.22. The largest absolute Gasteiger partial charge is 0.451 e. The Morgan fingerprint density at radius 3 is 2.66 bits per heavy atom. The molecule has 1 atom stereocenters. The van der Waals surface area contributed by atoms with Gasteiger partial charge in [-0.2, -0.15) is 4.31 Å². The van der Waals surface area contributed by atoms with Gasteiger partial charge in [0, 0.05) is 18.0 Å². The van der Waals surface area contributed by atoms with Crippen molar-refractivity contribution in [3.8, 4) is 0 Å². The first-order valence-electron chi connectivity index (χ1n) is 10.1. The molecule has 32 heavy (non-hydrogen) atoms. The molecule has 0 amide bonds. The lowest BCUT2D eigenvalue weighted by Crippen LogP contribution is -2.28. The molecule has 1 saturated heterocycles. The van der Waals surface area contributed by atoms with Crippen molar-refractivity contribution in [3.05, 3.63) is 55.4 Å². The molecule has 0 radical (unpaired) electrons. The Morgan fingerprint density at radius 2 is 1.97 bits per heavy atom. The van der Waals surface area contributed by atoms with Crippen LogP contribution in [0, 0.1) is 13.8 Å². The molecule has 1 aliphatic heterocycles. The number of nitrogens with one attached hydrogen (secondary N) is 1. The van der Waals surface area contributed by atoms with Crippen LogP contribution in [0.5, 0.6) is 0 Å². The maximum atomic E-state index is 12.9. The molecule has 1 unspecified atom stereocenters. The highest BCUT2D eigenvalue weighted by molar-refractivity contribution is 7.89. The topological polar surface area (TPSA) is 109 Å². The number of hydrogen-bond donors (Lipinski definition) is 1. The average Bonchev–Trinajstić information content (AvgIpc) is 3.37. The lowest BCUT2D eigenvalue weighted by molar-refractivity contribution is 0.0320. The third-order valence-corrected chi connectivity index (χ3v) is 9.06. The van der Waals surface area contributed by atoms with E-state index < -0.39 is 22.1 Å². The monoisotopic (exact) mass is 495 g/mol. The number of sulfonamides is 1. The lowest BCUT2D eigenvalue weighted by atomic mass is 10.2. The number of H-pyrrole nitrogens is 1. The first kappa shape index (κ1) is 22.9. The quantitative estimate of drug-likeness (QED) is 0.536. The summed E-state index contributed by atoms with van der Waals surface area (Å²) in [4.78, 5) is 33.8. The number of aromatic amines is 1. The van der Waals surface area contributed by atoms with Crippen molar-refractivity contribution in [2.45, 2.75) is 44.6 Å². The zero-order valence-electron chi connectivity index (χ0n) is 17.8. The molecule has 0 bridgehead atoms. The minimum Gasteiger partial charge on any atom is -0.451 e. The highest BCUT2D eigenvalue weighted by Gasteiger charge is 2.30. The van der Waals surface area contributed by atoms with Crippen LogP contribution in [0.4, 0.5) is 0 Å². The van der Waals surface area contributed by atoms with Crippen molar-refractivity contribution in [3.63, 3.8) is 0 Å². The van der Waals surface area contributed by atoms with E-state index in [1.54, 1.807) is 6.92 Å². The number of thiophene rings is 1. The van der Waals surface area contributed by atoms with E-state index in [2.05, 4.69) is 9.97 Å². The third kappa shape index (κ3) is 4.07. The van der Waals surface area contributed by atoms with E-state index in [1.165, 1.54) is 33.8 Å². The zero-order valence-corrected chi connectivity index (χ0v) is 20.2. The molecule has 4 rings (SSSR count). The fourth-order valence-electron chi connectivity index (χ4n) is 3.64. The van der Waals surface area contributed by atoms with Gasteiger partial charge in [-0.3, -0.25) is 4.79 Å². The second kappa shape index (κ2) is 8.58. The van der Waals surface area contributed by atoms with Crippen LogP contribution in [-0.4, -0.2) is 41.7 Å². The van der Waals surface area contributed by atoms with Gasteiger partial charge >= 0.3 is 5.97 Å². The van der Waals surface area contributed by atoms with Gasteiger partial charge in [0.25, 0.3) is 5.56 Å². The van der Waals surface area contributed by atoms with Gasteiger partial charge in [-0.1, -0.05) is 11.6 Å². The smallest absolute Gasteiger partial charge is 0.338 e. The minimum absolute atomic E-state index is 0.0429. The SMILES string of the molecule is Cc1sc2nc(C(C)OC(=O)c3ccc(Cl)c(S(=O)(=O)N4CCCC4)c3)[nH]c(=O)c2c1C. The number of benzene rings is 1. The van der Waals surface area contributed by atoms with E-state index in [9.17, 15) is 18.0 Å². The van der Waals surface area contributed by atoms with Crippen LogP contribution in [0.1, 0.15) is 52.5 Å². The van der Waals surface area contributed by atoms with E-state index >= 15 is 0 Å². The van der Waals surface area contributed by atoms with Crippen molar-refractivity contribution in [1.29, 1.82) is 0 Å². The molecule has 1 fully saturated rings. The zero-order chi connectivity index (χ0) is 23.2. The van der Waals surface area contributed by atoms with Crippen molar-refractivity contribution >= 4 is 49.1 Å². The van der Waals surface area contributed by atoms with Gasteiger partial charge in [-0.15, -0.1) is 11.3 Å². The van der Waals surface area contributed by atoms with E-state index in [-0.39, 0.29) is 26.9 Å². The molecular weight excluding hydrogens is 474 g/mol. The van der Waals surface area contributed by atoms with E-state index in [4.69, 9.17) is 16.3 Å². The maximum Gasteiger partial charge on any atom is 0.338 e. The van der Waals surface area contributed by atoms with Crippen LogP contribution in [0.3, 0.4) is 0 Å². The Morgan fingerprint density at radius 1 is 1.28 bits per heavy atom. The lowest BCUT2D eigenvalue weighted by Gasteiger charge is -2.17. The molecule has 0 saturated carbocycles. The Bertz CT molecular complexity index is 1370. The second-order valence-corrected chi connectivity index (χ2v) is 11.2. The fraction of sp³-hybridized carbons (Fsp3) is 0.381. The van der Waals surface area contributed by atoms with E-state index in [0.717, 1.165) is 23.3 Å². The number of esters is 1. The van der Waals surface area contributed by atoms with Crippen LogP contribution in [0.15, 0.2) is 27.9 Å². The van der Waals surface area contributed by atoms with Crippen molar-refractivity contribution in [2.75, 3.05) is 13.1 Å². The predicted octanol–water partition coefficient (Wildman–Crippen LogP) is 3.96. The molecule has 1 aliphatic rings. The van der Waals surface area contributed by atoms with Crippen LogP contribution in [0.2, 0.25) is 5.02 Å². The first-order chi connectivity index (χ1) is 15.1. The number of nitrogens with zero attached hydrogens (tertiary/aromatic N) is 2. The number of carbonyl (C=O) groups is 1. The normalized spacial score (nSPS) is 15.9. The Labute approximate surface area is 194 Å². The predicted molar refractivity (Wildman–Crippen MR) is 123 cm³/mol. The number of hydrogen-bond acceptors (Lipinski definition) is 7. The molecule has 0 aliphatic carbocycles. The van der Waals surface area contributed by atoms with Crippen molar-refractivity contribution < 1.29 is 17.9 Å². The van der Waals surface area contributed by atoms with Gasteiger partial charge in [-0.25, -0.2) is 18.2 Å². The standard InChI is InChI=1S/C21H22ClN3O5S2/c1-11-13(3)31-20-17(11)19(26)23-18(24-20)12(2)30-21(27)14-6-7-15(22)16(10-14)32(28,29)25-8-4-5-9-25/h6-7,10,12H,4-5,8-9H2,1-3H3,(H,23,24,26).